The summed E-state index contributed by atoms with van der Waals surface area (Å²) in [5.74, 6) is -1.84. The zero-order valence-corrected chi connectivity index (χ0v) is 10.7. The molecule has 2 N–H and O–H groups in total. The molecule has 2 amide bonds. The second-order valence-electron chi connectivity index (χ2n) is 5.77. The summed E-state index contributed by atoms with van der Waals surface area (Å²) in [6.45, 7) is 0.505. The van der Waals surface area contributed by atoms with Crippen LogP contribution in [0.5, 0.6) is 0 Å². The van der Waals surface area contributed by atoms with Crippen LogP contribution in [0, 0.1) is 11.8 Å². The van der Waals surface area contributed by atoms with Crippen LogP contribution in [0.1, 0.15) is 32.1 Å². The van der Waals surface area contributed by atoms with Crippen LogP contribution in [0.2, 0.25) is 0 Å². The number of fused-ring (bicyclic) bond motifs is 2. The molecule has 0 aromatic rings. The third-order valence-electron chi connectivity index (χ3n) is 4.74. The lowest BCUT2D eigenvalue weighted by Gasteiger charge is -2.38. The normalized spacial score (nSPS) is 37.3. The molecule has 2 aliphatic heterocycles. The molecule has 19 heavy (non-hydrogen) atoms. The standard InChI is InChI=1S/C13H18N2O4/c16-11-5-7-1-2-8(6-14-11)15(7)12(17)9-3-4-10(9)13(18)19/h7-10H,1-6H2,(H,14,16)(H,18,19)/t7-,8+,9-,10+/m1/s1. The fourth-order valence-electron chi connectivity index (χ4n) is 3.52. The molecule has 0 spiro atoms. The molecule has 1 aliphatic carbocycles. The van der Waals surface area contributed by atoms with Crippen molar-refractivity contribution in [1.82, 2.24) is 10.2 Å². The molecule has 2 heterocycles. The summed E-state index contributed by atoms with van der Waals surface area (Å²) in [5.41, 5.74) is 0. The Kier molecular flexibility index (Phi) is 2.95. The van der Waals surface area contributed by atoms with Crippen molar-refractivity contribution in [2.24, 2.45) is 11.8 Å². The van der Waals surface area contributed by atoms with Gasteiger partial charge in [-0.3, -0.25) is 14.4 Å². The van der Waals surface area contributed by atoms with Gasteiger partial charge in [-0.25, -0.2) is 0 Å². The van der Waals surface area contributed by atoms with Crippen molar-refractivity contribution in [3.05, 3.63) is 0 Å². The molecule has 1 saturated carbocycles. The Balaban J connectivity index is 1.76. The van der Waals surface area contributed by atoms with E-state index in [1.807, 2.05) is 0 Å². The van der Waals surface area contributed by atoms with E-state index in [-0.39, 0.29) is 29.8 Å². The number of hydrogen-bond acceptors (Lipinski definition) is 3. The lowest BCUT2D eigenvalue weighted by atomic mass is 9.72. The van der Waals surface area contributed by atoms with Crippen molar-refractivity contribution in [2.75, 3.05) is 6.54 Å². The maximum absolute atomic E-state index is 12.5. The van der Waals surface area contributed by atoms with Crippen molar-refractivity contribution >= 4 is 17.8 Å². The molecule has 104 valence electrons. The van der Waals surface area contributed by atoms with Gasteiger partial charge in [-0.2, -0.15) is 0 Å². The molecule has 2 saturated heterocycles. The third-order valence-corrected chi connectivity index (χ3v) is 4.74. The van der Waals surface area contributed by atoms with Crippen LogP contribution in [-0.2, 0) is 14.4 Å². The average molecular weight is 266 g/mol. The molecule has 0 unspecified atom stereocenters. The maximum atomic E-state index is 12.5. The van der Waals surface area contributed by atoms with Gasteiger partial charge in [0.25, 0.3) is 0 Å². The molecule has 2 bridgehead atoms. The number of carboxylic acid groups (broad SMARTS) is 1. The number of carbonyl (C=O) groups is 3. The minimum Gasteiger partial charge on any atom is -0.481 e. The molecule has 4 atom stereocenters. The quantitative estimate of drug-likeness (QED) is 0.735. The molecular weight excluding hydrogens is 248 g/mol. The average Bonchev–Trinajstić information content (AvgIpc) is 2.57. The number of nitrogens with zero attached hydrogens (tertiary/aromatic N) is 1. The van der Waals surface area contributed by atoms with Crippen LogP contribution in [-0.4, -0.2) is 46.4 Å². The highest BCUT2D eigenvalue weighted by Gasteiger charge is 2.48. The summed E-state index contributed by atoms with van der Waals surface area (Å²) >= 11 is 0. The van der Waals surface area contributed by atoms with Gasteiger partial charge in [0.2, 0.25) is 11.8 Å². The molecule has 0 aromatic carbocycles. The highest BCUT2D eigenvalue weighted by Crippen LogP contribution is 2.39. The second-order valence-corrected chi connectivity index (χ2v) is 5.77. The summed E-state index contributed by atoms with van der Waals surface area (Å²) in [5, 5.41) is 11.9. The van der Waals surface area contributed by atoms with Gasteiger partial charge in [-0.05, 0) is 25.7 Å². The molecule has 3 aliphatic rings. The fourth-order valence-corrected chi connectivity index (χ4v) is 3.52. The highest BCUT2D eigenvalue weighted by molar-refractivity contribution is 5.88. The molecule has 6 heteroatoms. The second kappa shape index (κ2) is 4.51. The summed E-state index contributed by atoms with van der Waals surface area (Å²) in [4.78, 5) is 36.9. The number of hydrogen-bond donors (Lipinski definition) is 2. The SMILES string of the molecule is O=C1C[C@H]2CC[C@@H](CN1)N2C(=O)[C@@H]1CC[C@@H]1C(=O)O. The lowest BCUT2D eigenvalue weighted by Crippen LogP contribution is -2.51. The van der Waals surface area contributed by atoms with E-state index in [9.17, 15) is 14.4 Å². The number of rotatable bonds is 2. The lowest BCUT2D eigenvalue weighted by molar-refractivity contribution is -0.158. The van der Waals surface area contributed by atoms with E-state index in [1.165, 1.54) is 0 Å². The van der Waals surface area contributed by atoms with Crippen molar-refractivity contribution in [2.45, 2.75) is 44.2 Å². The number of nitrogens with one attached hydrogen (secondary N) is 1. The van der Waals surface area contributed by atoms with Gasteiger partial charge in [0.1, 0.15) is 0 Å². The first-order chi connectivity index (χ1) is 9.08. The van der Waals surface area contributed by atoms with E-state index >= 15 is 0 Å². The Morgan fingerprint density at radius 3 is 2.42 bits per heavy atom. The van der Waals surface area contributed by atoms with Gasteiger partial charge in [0, 0.05) is 25.0 Å². The Morgan fingerprint density at radius 2 is 1.79 bits per heavy atom. The Bertz CT molecular complexity index is 436. The zero-order chi connectivity index (χ0) is 13.6. The monoisotopic (exact) mass is 266 g/mol. The summed E-state index contributed by atoms with van der Waals surface area (Å²) in [7, 11) is 0. The summed E-state index contributed by atoms with van der Waals surface area (Å²) in [6.07, 6.45) is 3.36. The van der Waals surface area contributed by atoms with Crippen molar-refractivity contribution in [3.63, 3.8) is 0 Å². The smallest absolute Gasteiger partial charge is 0.307 e. The highest BCUT2D eigenvalue weighted by atomic mass is 16.4. The van der Waals surface area contributed by atoms with Crippen LogP contribution in [0.3, 0.4) is 0 Å². The van der Waals surface area contributed by atoms with Gasteiger partial charge in [-0.15, -0.1) is 0 Å². The molecule has 6 nitrogen and oxygen atoms in total. The van der Waals surface area contributed by atoms with E-state index in [4.69, 9.17) is 5.11 Å². The molecule has 3 rings (SSSR count). The van der Waals surface area contributed by atoms with Gasteiger partial charge in [0.05, 0.1) is 11.8 Å². The summed E-state index contributed by atoms with van der Waals surface area (Å²) < 4.78 is 0. The number of amides is 2. The number of aliphatic carboxylic acids is 1. The number of carbonyl (C=O) groups excluding carboxylic acids is 2. The van der Waals surface area contributed by atoms with E-state index in [2.05, 4.69) is 5.32 Å². The maximum Gasteiger partial charge on any atom is 0.307 e. The molecule has 3 fully saturated rings. The molecule has 0 radical (unpaired) electrons. The minimum atomic E-state index is -0.874. The van der Waals surface area contributed by atoms with Gasteiger partial charge >= 0.3 is 5.97 Å². The van der Waals surface area contributed by atoms with E-state index in [0.717, 1.165) is 12.8 Å². The van der Waals surface area contributed by atoms with Crippen molar-refractivity contribution in [3.8, 4) is 0 Å². The topological polar surface area (TPSA) is 86.7 Å². The first-order valence-corrected chi connectivity index (χ1v) is 6.89. The van der Waals surface area contributed by atoms with E-state index in [1.54, 1.807) is 4.90 Å². The first-order valence-electron chi connectivity index (χ1n) is 6.89. The van der Waals surface area contributed by atoms with E-state index < -0.39 is 11.9 Å². The minimum absolute atomic E-state index is 0.00612. The van der Waals surface area contributed by atoms with Crippen LogP contribution < -0.4 is 5.32 Å². The van der Waals surface area contributed by atoms with Crippen LogP contribution in [0.15, 0.2) is 0 Å². The predicted molar refractivity (Wildman–Crippen MR) is 65.1 cm³/mol. The van der Waals surface area contributed by atoms with Gasteiger partial charge < -0.3 is 15.3 Å². The zero-order valence-electron chi connectivity index (χ0n) is 10.7. The Labute approximate surface area is 111 Å². The van der Waals surface area contributed by atoms with Crippen molar-refractivity contribution in [1.29, 1.82) is 0 Å². The van der Waals surface area contributed by atoms with E-state index in [0.29, 0.717) is 25.8 Å². The van der Waals surface area contributed by atoms with Crippen molar-refractivity contribution < 1.29 is 19.5 Å². The Hall–Kier alpha value is -1.59. The predicted octanol–water partition coefficient (Wildman–Crippen LogP) is -0.0233. The Morgan fingerprint density at radius 1 is 1.11 bits per heavy atom. The molecule has 0 aromatic heterocycles. The van der Waals surface area contributed by atoms with Crippen LogP contribution >= 0.6 is 0 Å². The molecular formula is C13H18N2O4. The number of carboxylic acids is 1. The summed E-state index contributed by atoms with van der Waals surface area (Å²) in [6, 6.07) is 0.0223. The van der Waals surface area contributed by atoms with Gasteiger partial charge in [-0.1, -0.05) is 0 Å². The third kappa shape index (κ3) is 1.99. The largest absolute Gasteiger partial charge is 0.481 e. The fraction of sp³-hybridized carbons (Fsp3) is 0.769. The first kappa shape index (κ1) is 12.4. The van der Waals surface area contributed by atoms with Crippen LogP contribution in [0.4, 0.5) is 0 Å². The van der Waals surface area contributed by atoms with Gasteiger partial charge in [0.15, 0.2) is 0 Å². The van der Waals surface area contributed by atoms with Crippen LogP contribution in [0.25, 0.3) is 0 Å².